The van der Waals surface area contributed by atoms with Gasteiger partial charge in [0.1, 0.15) is 18.2 Å². The third-order valence-corrected chi connectivity index (χ3v) is 4.95. The van der Waals surface area contributed by atoms with Crippen molar-refractivity contribution >= 4 is 22.9 Å². The van der Waals surface area contributed by atoms with Crippen LogP contribution in [0.1, 0.15) is 16.1 Å². The van der Waals surface area contributed by atoms with Crippen molar-refractivity contribution in [3.63, 3.8) is 0 Å². The smallest absolute Gasteiger partial charge is 0.255 e. The van der Waals surface area contributed by atoms with Crippen molar-refractivity contribution in [3.05, 3.63) is 88.8 Å². The molecule has 162 valence electrons. The number of carbonyl (C=O) groups is 1. The predicted molar refractivity (Wildman–Crippen MR) is 118 cm³/mol. The number of amides is 1. The summed E-state index contributed by atoms with van der Waals surface area (Å²) in [4.78, 5) is 21.0. The maximum Gasteiger partial charge on any atom is 0.255 e. The number of thiazole rings is 1. The summed E-state index contributed by atoms with van der Waals surface area (Å²) in [5.41, 5.74) is 3.44. The Hall–Kier alpha value is -3.98. The molecule has 0 saturated heterocycles. The normalized spacial score (nSPS) is 10.4. The Labute approximate surface area is 187 Å². The van der Waals surface area contributed by atoms with Crippen LogP contribution in [0.2, 0.25) is 0 Å². The molecule has 4 aromatic rings. The molecule has 32 heavy (non-hydrogen) atoms. The predicted octanol–water partition coefficient (Wildman–Crippen LogP) is 5.31. The highest BCUT2D eigenvalue weighted by molar-refractivity contribution is 7.07. The first kappa shape index (κ1) is 21.3. The van der Waals surface area contributed by atoms with Gasteiger partial charge in [-0.3, -0.25) is 4.79 Å². The highest BCUT2D eigenvalue weighted by Gasteiger charge is 2.12. The van der Waals surface area contributed by atoms with E-state index in [1.807, 2.05) is 5.38 Å². The van der Waals surface area contributed by atoms with E-state index in [2.05, 4.69) is 15.3 Å². The minimum absolute atomic E-state index is 0.309. The number of rotatable bonds is 8. The average molecular weight is 451 g/mol. The molecule has 4 rings (SSSR count). The number of halogens is 1. The standard InChI is InChI=1S/C23H18FN3O4S/c1-29-21-10-15(2-8-20(21)30-12-18-13-32-14-26-18)23(28)27-17-5-9-22(25-11-17)31-19-6-3-16(24)4-7-19/h2-11,13-14H,12H2,1H3,(H,27,28). The van der Waals surface area contributed by atoms with Crippen molar-refractivity contribution in [1.29, 1.82) is 0 Å². The lowest BCUT2D eigenvalue weighted by Crippen LogP contribution is -2.12. The van der Waals surface area contributed by atoms with Gasteiger partial charge in [0.15, 0.2) is 11.5 Å². The molecular formula is C23H18FN3O4S. The van der Waals surface area contributed by atoms with E-state index in [0.717, 1.165) is 5.69 Å². The molecule has 0 aliphatic carbocycles. The van der Waals surface area contributed by atoms with E-state index in [9.17, 15) is 9.18 Å². The third-order valence-electron chi connectivity index (χ3n) is 4.32. The van der Waals surface area contributed by atoms with Gasteiger partial charge in [-0.25, -0.2) is 14.4 Å². The zero-order chi connectivity index (χ0) is 22.3. The molecule has 7 nitrogen and oxygen atoms in total. The molecule has 1 N–H and O–H groups in total. The van der Waals surface area contributed by atoms with Gasteiger partial charge in [0.2, 0.25) is 5.88 Å². The van der Waals surface area contributed by atoms with E-state index in [0.29, 0.717) is 41.0 Å². The lowest BCUT2D eigenvalue weighted by molar-refractivity contribution is 0.102. The molecule has 2 heterocycles. The number of benzene rings is 2. The average Bonchev–Trinajstić information content (AvgIpc) is 3.34. The molecule has 0 unspecified atom stereocenters. The number of carbonyl (C=O) groups excluding carboxylic acids is 1. The molecular weight excluding hydrogens is 433 g/mol. The van der Waals surface area contributed by atoms with E-state index in [1.54, 1.807) is 35.8 Å². The van der Waals surface area contributed by atoms with Crippen molar-refractivity contribution in [2.45, 2.75) is 6.61 Å². The van der Waals surface area contributed by atoms with Crippen LogP contribution in [0.4, 0.5) is 10.1 Å². The molecule has 0 aliphatic heterocycles. The van der Waals surface area contributed by atoms with Gasteiger partial charge in [0, 0.05) is 17.0 Å². The zero-order valence-corrected chi connectivity index (χ0v) is 17.8. The fourth-order valence-electron chi connectivity index (χ4n) is 2.73. The van der Waals surface area contributed by atoms with Crippen molar-refractivity contribution in [2.24, 2.45) is 0 Å². The lowest BCUT2D eigenvalue weighted by Gasteiger charge is -2.12. The minimum Gasteiger partial charge on any atom is -0.493 e. The van der Waals surface area contributed by atoms with Gasteiger partial charge in [-0.05, 0) is 48.5 Å². The monoisotopic (exact) mass is 451 g/mol. The first-order valence-electron chi connectivity index (χ1n) is 9.49. The van der Waals surface area contributed by atoms with E-state index < -0.39 is 0 Å². The summed E-state index contributed by atoms with van der Waals surface area (Å²) in [5.74, 6) is 1.05. The minimum atomic E-state index is -0.348. The summed E-state index contributed by atoms with van der Waals surface area (Å²) in [7, 11) is 1.51. The highest BCUT2D eigenvalue weighted by Crippen LogP contribution is 2.29. The fraction of sp³-hybridized carbons (Fsp3) is 0.0870. The Morgan fingerprint density at radius 1 is 1.06 bits per heavy atom. The quantitative estimate of drug-likeness (QED) is 0.391. The van der Waals surface area contributed by atoms with Crippen LogP contribution in [0.5, 0.6) is 23.1 Å². The molecule has 0 atom stereocenters. The topological polar surface area (TPSA) is 82.6 Å². The Morgan fingerprint density at radius 2 is 1.91 bits per heavy atom. The Balaban J connectivity index is 1.38. The Kier molecular flexibility index (Phi) is 6.57. The van der Waals surface area contributed by atoms with Crippen molar-refractivity contribution in [1.82, 2.24) is 9.97 Å². The van der Waals surface area contributed by atoms with Crippen molar-refractivity contribution in [3.8, 4) is 23.1 Å². The van der Waals surface area contributed by atoms with Gasteiger partial charge >= 0.3 is 0 Å². The molecule has 0 spiro atoms. The number of pyridine rings is 1. The van der Waals surface area contributed by atoms with E-state index in [1.165, 1.54) is 48.9 Å². The Bertz CT molecular complexity index is 1180. The number of aromatic nitrogens is 2. The summed E-state index contributed by atoms with van der Waals surface area (Å²) in [5, 5.41) is 4.67. The van der Waals surface area contributed by atoms with Crippen LogP contribution in [-0.4, -0.2) is 23.0 Å². The number of methoxy groups -OCH3 is 1. The molecule has 0 saturated carbocycles. The molecule has 0 bridgehead atoms. The van der Waals surface area contributed by atoms with Gasteiger partial charge in [-0.2, -0.15) is 0 Å². The molecule has 0 aliphatic rings. The second-order valence-corrected chi connectivity index (χ2v) is 7.25. The van der Waals surface area contributed by atoms with Gasteiger partial charge in [0.05, 0.1) is 30.2 Å². The van der Waals surface area contributed by atoms with Gasteiger partial charge in [-0.15, -0.1) is 11.3 Å². The fourth-order valence-corrected chi connectivity index (χ4v) is 3.27. The van der Waals surface area contributed by atoms with E-state index in [4.69, 9.17) is 14.2 Å². The number of anilines is 1. The summed E-state index contributed by atoms with van der Waals surface area (Å²) in [6.45, 7) is 0.309. The molecule has 2 aromatic heterocycles. The van der Waals surface area contributed by atoms with Crippen LogP contribution in [-0.2, 0) is 6.61 Å². The molecule has 9 heteroatoms. The third kappa shape index (κ3) is 5.38. The Morgan fingerprint density at radius 3 is 2.59 bits per heavy atom. The summed E-state index contributed by atoms with van der Waals surface area (Å²) < 4.78 is 29.6. The number of hydrogen-bond donors (Lipinski definition) is 1. The lowest BCUT2D eigenvalue weighted by atomic mass is 10.2. The molecule has 0 fully saturated rings. The first-order valence-corrected chi connectivity index (χ1v) is 10.4. The van der Waals surface area contributed by atoms with E-state index in [-0.39, 0.29) is 11.7 Å². The van der Waals surface area contributed by atoms with Crippen LogP contribution in [0.15, 0.2) is 71.7 Å². The first-order chi connectivity index (χ1) is 15.6. The number of nitrogens with one attached hydrogen (secondary N) is 1. The van der Waals surface area contributed by atoms with Crippen LogP contribution >= 0.6 is 11.3 Å². The van der Waals surface area contributed by atoms with Gasteiger partial charge < -0.3 is 19.5 Å². The summed E-state index contributed by atoms with van der Waals surface area (Å²) in [6, 6.07) is 13.8. The summed E-state index contributed by atoms with van der Waals surface area (Å²) in [6.07, 6.45) is 1.47. The van der Waals surface area contributed by atoms with Gasteiger partial charge in [0.25, 0.3) is 5.91 Å². The van der Waals surface area contributed by atoms with Crippen LogP contribution in [0.3, 0.4) is 0 Å². The van der Waals surface area contributed by atoms with Crippen molar-refractivity contribution in [2.75, 3.05) is 12.4 Å². The molecule has 0 radical (unpaired) electrons. The van der Waals surface area contributed by atoms with E-state index >= 15 is 0 Å². The second-order valence-electron chi connectivity index (χ2n) is 6.53. The number of ether oxygens (including phenoxy) is 3. The second kappa shape index (κ2) is 9.88. The summed E-state index contributed by atoms with van der Waals surface area (Å²) >= 11 is 1.49. The van der Waals surface area contributed by atoms with Crippen LogP contribution < -0.4 is 19.5 Å². The maximum absolute atomic E-state index is 13.0. The number of nitrogens with zero attached hydrogens (tertiary/aromatic N) is 2. The van der Waals surface area contributed by atoms with Crippen molar-refractivity contribution < 1.29 is 23.4 Å². The van der Waals surface area contributed by atoms with Crippen LogP contribution in [0.25, 0.3) is 0 Å². The maximum atomic E-state index is 13.0. The number of hydrogen-bond acceptors (Lipinski definition) is 7. The molecule has 1 amide bonds. The highest BCUT2D eigenvalue weighted by atomic mass is 32.1. The largest absolute Gasteiger partial charge is 0.493 e. The van der Waals surface area contributed by atoms with Crippen LogP contribution in [0, 0.1) is 5.82 Å². The molecule has 2 aromatic carbocycles. The SMILES string of the molecule is COc1cc(C(=O)Nc2ccc(Oc3ccc(F)cc3)nc2)ccc1OCc1cscn1. The van der Waals surface area contributed by atoms with Gasteiger partial charge in [-0.1, -0.05) is 0 Å². The zero-order valence-electron chi connectivity index (χ0n) is 16.9.